The van der Waals surface area contributed by atoms with Gasteiger partial charge < -0.3 is 19.3 Å². The highest BCUT2D eigenvalue weighted by Gasteiger charge is 2.42. The van der Waals surface area contributed by atoms with Crippen LogP contribution in [0.3, 0.4) is 0 Å². The Morgan fingerprint density at radius 3 is 1.96 bits per heavy atom. The maximum Gasteiger partial charge on any atom is 0.347 e. The van der Waals surface area contributed by atoms with Gasteiger partial charge in [0.1, 0.15) is 18.0 Å². The highest BCUT2D eigenvalue weighted by atomic mass is 16.6. The summed E-state index contributed by atoms with van der Waals surface area (Å²) in [5, 5.41) is 12.0. The van der Waals surface area contributed by atoms with Gasteiger partial charge >= 0.3 is 11.9 Å². The van der Waals surface area contributed by atoms with Crippen molar-refractivity contribution in [3.8, 4) is 5.75 Å². The van der Waals surface area contributed by atoms with E-state index >= 15 is 0 Å². The lowest BCUT2D eigenvalue weighted by molar-refractivity contribution is -0.164. The molecular formula is C41H47NO6. The average Bonchev–Trinajstić information content (AvgIpc) is 3.10. The monoisotopic (exact) mass is 649 g/mol. The van der Waals surface area contributed by atoms with E-state index in [9.17, 15) is 14.7 Å². The van der Waals surface area contributed by atoms with Crippen LogP contribution in [0.15, 0.2) is 109 Å². The Hall–Kier alpha value is -4.46. The molecule has 5 rings (SSSR count). The topological polar surface area (TPSA) is 85.3 Å². The molecule has 1 aliphatic rings. The van der Waals surface area contributed by atoms with Crippen LogP contribution in [-0.2, 0) is 44.2 Å². The van der Waals surface area contributed by atoms with E-state index in [1.165, 1.54) is 5.56 Å². The largest absolute Gasteiger partial charge is 0.489 e. The van der Waals surface area contributed by atoms with Gasteiger partial charge in [0.05, 0.1) is 6.61 Å². The lowest BCUT2D eigenvalue weighted by atomic mass is 9.86. The predicted octanol–water partition coefficient (Wildman–Crippen LogP) is 7.23. The molecule has 1 unspecified atom stereocenters. The lowest BCUT2D eigenvalue weighted by Gasteiger charge is -2.33. The molecule has 48 heavy (non-hydrogen) atoms. The van der Waals surface area contributed by atoms with Gasteiger partial charge in [-0.05, 0) is 99.0 Å². The number of rotatable bonds is 13. The summed E-state index contributed by atoms with van der Waals surface area (Å²) in [5.41, 5.74) is 1.76. The minimum atomic E-state index is -1.96. The Labute approximate surface area is 284 Å². The van der Waals surface area contributed by atoms with Gasteiger partial charge in [-0.25, -0.2) is 4.79 Å². The third-order valence-electron chi connectivity index (χ3n) is 8.63. The molecule has 1 atom stereocenters. The zero-order valence-corrected chi connectivity index (χ0v) is 28.3. The second-order valence-electron chi connectivity index (χ2n) is 13.6. The van der Waals surface area contributed by atoms with Crippen molar-refractivity contribution in [2.24, 2.45) is 5.92 Å². The quantitative estimate of drug-likeness (QED) is 0.153. The lowest BCUT2D eigenvalue weighted by Crippen LogP contribution is -2.40. The van der Waals surface area contributed by atoms with Crippen LogP contribution in [0.4, 0.5) is 0 Å². The standard InChI is InChI=1S/C41H47NO6/c1-40(2,3)48-38(43)23-18-31-14-16-33(17-15-31)29-46-37-21-19-36(20-22-37)41(45,35-12-8-5-9-13-35)39(44)47-30-34-24-26-42(27-25-34)28-32-10-6-4-7-11-32/h4-17,19-22,34,45H,18,23-30H2,1-3H3. The molecule has 1 N–H and O–H groups in total. The maximum absolute atomic E-state index is 13.6. The molecule has 1 fully saturated rings. The second kappa shape index (κ2) is 16.1. The van der Waals surface area contributed by atoms with Crippen molar-refractivity contribution in [2.75, 3.05) is 19.7 Å². The van der Waals surface area contributed by atoms with Crippen molar-refractivity contribution in [1.29, 1.82) is 0 Å². The van der Waals surface area contributed by atoms with Crippen molar-refractivity contribution in [3.63, 3.8) is 0 Å². The number of aliphatic hydroxyl groups is 1. The predicted molar refractivity (Wildman–Crippen MR) is 186 cm³/mol. The van der Waals surface area contributed by atoms with E-state index in [0.29, 0.717) is 36.3 Å². The number of piperidine rings is 1. The number of carbonyl (C=O) groups excluding carboxylic acids is 2. The number of hydrogen-bond acceptors (Lipinski definition) is 7. The van der Waals surface area contributed by atoms with Crippen molar-refractivity contribution in [2.45, 2.75) is 70.8 Å². The molecule has 0 aliphatic carbocycles. The average molecular weight is 650 g/mol. The molecule has 4 aromatic carbocycles. The molecule has 7 heteroatoms. The fraction of sp³-hybridized carbons (Fsp3) is 0.366. The first-order chi connectivity index (χ1) is 23.1. The van der Waals surface area contributed by atoms with E-state index in [4.69, 9.17) is 14.2 Å². The molecule has 4 aromatic rings. The molecule has 0 aromatic heterocycles. The van der Waals surface area contributed by atoms with Gasteiger partial charge in [0.25, 0.3) is 0 Å². The highest BCUT2D eigenvalue weighted by Crippen LogP contribution is 2.33. The van der Waals surface area contributed by atoms with Crippen molar-refractivity contribution >= 4 is 11.9 Å². The summed E-state index contributed by atoms with van der Waals surface area (Å²) in [5.74, 6) is -0.0309. The Kier molecular flexibility index (Phi) is 11.7. The Bertz CT molecular complexity index is 1590. The molecule has 0 amide bonds. The van der Waals surface area contributed by atoms with Gasteiger partial charge in [-0.3, -0.25) is 9.69 Å². The van der Waals surface area contributed by atoms with Gasteiger partial charge in [0.2, 0.25) is 5.60 Å². The Balaban J connectivity index is 1.15. The number of carbonyl (C=O) groups is 2. The third kappa shape index (κ3) is 9.78. The number of nitrogens with zero attached hydrogens (tertiary/aromatic N) is 1. The summed E-state index contributed by atoms with van der Waals surface area (Å²) < 4.78 is 17.2. The molecule has 7 nitrogen and oxygen atoms in total. The zero-order chi connectivity index (χ0) is 34.0. The maximum atomic E-state index is 13.6. The first kappa shape index (κ1) is 34.9. The SMILES string of the molecule is CC(C)(C)OC(=O)CCc1ccc(COc2ccc(C(O)(C(=O)OCC3CCN(Cc4ccccc4)CC3)c3ccccc3)cc2)cc1. The summed E-state index contributed by atoms with van der Waals surface area (Å²) in [7, 11) is 0. The molecule has 0 bridgehead atoms. The summed E-state index contributed by atoms with van der Waals surface area (Å²) in [6.45, 7) is 9.02. The van der Waals surface area contributed by atoms with Crippen molar-refractivity contribution < 1.29 is 28.9 Å². The van der Waals surface area contributed by atoms with Crippen LogP contribution in [-0.4, -0.2) is 47.2 Å². The van der Waals surface area contributed by atoms with Crippen LogP contribution in [0.5, 0.6) is 5.75 Å². The highest BCUT2D eigenvalue weighted by molar-refractivity contribution is 5.85. The number of ether oxygens (including phenoxy) is 3. The van der Waals surface area contributed by atoms with Crippen LogP contribution in [0.2, 0.25) is 0 Å². The summed E-state index contributed by atoms with van der Waals surface area (Å²) in [4.78, 5) is 28.1. The minimum Gasteiger partial charge on any atom is -0.489 e. The van der Waals surface area contributed by atoms with E-state index < -0.39 is 17.2 Å². The summed E-state index contributed by atoms with van der Waals surface area (Å²) in [6, 6.07) is 34.3. The molecule has 1 heterocycles. The normalized spacial score (nSPS) is 15.3. The van der Waals surface area contributed by atoms with Crippen LogP contribution < -0.4 is 4.74 Å². The first-order valence-corrected chi connectivity index (χ1v) is 16.8. The molecule has 252 valence electrons. The van der Waals surface area contributed by atoms with Gasteiger partial charge in [-0.1, -0.05) is 97.1 Å². The van der Waals surface area contributed by atoms with Crippen LogP contribution in [0, 0.1) is 5.92 Å². The second-order valence-corrected chi connectivity index (χ2v) is 13.6. The molecule has 0 saturated carbocycles. The number of hydrogen-bond donors (Lipinski definition) is 1. The van der Waals surface area contributed by atoms with E-state index in [2.05, 4.69) is 29.2 Å². The molecule has 0 spiro atoms. The van der Waals surface area contributed by atoms with E-state index in [1.807, 2.05) is 57.2 Å². The molecule has 0 radical (unpaired) electrons. The number of likely N-dealkylation sites (tertiary alicyclic amines) is 1. The number of esters is 2. The molecule has 1 aliphatic heterocycles. The first-order valence-electron chi connectivity index (χ1n) is 16.8. The van der Waals surface area contributed by atoms with Gasteiger partial charge in [0, 0.05) is 13.0 Å². The number of aryl methyl sites for hydroxylation is 1. The summed E-state index contributed by atoms with van der Waals surface area (Å²) in [6.07, 6.45) is 2.81. The zero-order valence-electron chi connectivity index (χ0n) is 28.3. The van der Waals surface area contributed by atoms with Crippen molar-refractivity contribution in [3.05, 3.63) is 137 Å². The Morgan fingerprint density at radius 1 is 0.750 bits per heavy atom. The smallest absolute Gasteiger partial charge is 0.347 e. The van der Waals surface area contributed by atoms with Crippen LogP contribution >= 0.6 is 0 Å². The third-order valence-corrected chi connectivity index (χ3v) is 8.63. The van der Waals surface area contributed by atoms with Gasteiger partial charge in [-0.2, -0.15) is 0 Å². The van der Waals surface area contributed by atoms with E-state index in [-0.39, 0.29) is 18.5 Å². The molecular weight excluding hydrogens is 602 g/mol. The van der Waals surface area contributed by atoms with Gasteiger partial charge in [0.15, 0.2) is 0 Å². The van der Waals surface area contributed by atoms with E-state index in [0.717, 1.165) is 43.6 Å². The fourth-order valence-corrected chi connectivity index (χ4v) is 5.93. The number of benzene rings is 4. The summed E-state index contributed by atoms with van der Waals surface area (Å²) >= 11 is 0. The van der Waals surface area contributed by atoms with Crippen LogP contribution in [0.25, 0.3) is 0 Å². The van der Waals surface area contributed by atoms with Crippen molar-refractivity contribution in [1.82, 2.24) is 4.90 Å². The van der Waals surface area contributed by atoms with E-state index in [1.54, 1.807) is 48.5 Å². The minimum absolute atomic E-state index is 0.207. The molecule has 1 saturated heterocycles. The fourth-order valence-electron chi connectivity index (χ4n) is 5.93. The van der Waals surface area contributed by atoms with Gasteiger partial charge in [-0.15, -0.1) is 0 Å². The van der Waals surface area contributed by atoms with Crippen LogP contribution in [0.1, 0.15) is 67.9 Å². The Morgan fingerprint density at radius 2 is 1.33 bits per heavy atom.